The number of hydrogen-bond donors (Lipinski definition) is 0. The average Bonchev–Trinajstić information content (AvgIpc) is 2.99. The van der Waals surface area contributed by atoms with Crippen LogP contribution >= 0.6 is 11.6 Å². The molecule has 134 valence electrons. The Morgan fingerprint density at radius 3 is 2.65 bits per heavy atom. The average molecular weight is 376 g/mol. The van der Waals surface area contributed by atoms with E-state index >= 15 is 0 Å². The number of carbonyl (C=O) groups excluding carboxylic acids is 1. The van der Waals surface area contributed by atoms with Crippen LogP contribution in [0.15, 0.2) is 57.8 Å². The summed E-state index contributed by atoms with van der Waals surface area (Å²) in [6, 6.07) is 13.2. The number of rotatable bonds is 5. The van der Waals surface area contributed by atoms with Crippen LogP contribution in [0.4, 0.5) is 4.39 Å². The number of hydrogen-bond acceptors (Lipinski definition) is 4. The van der Waals surface area contributed by atoms with Crippen LogP contribution in [0.2, 0.25) is 5.02 Å². The van der Waals surface area contributed by atoms with Gasteiger partial charge in [0.05, 0.1) is 0 Å². The summed E-state index contributed by atoms with van der Waals surface area (Å²) in [6.45, 7) is -0.305. The van der Waals surface area contributed by atoms with Gasteiger partial charge in [0.15, 0.2) is 5.82 Å². The van der Waals surface area contributed by atoms with Crippen molar-refractivity contribution in [2.75, 3.05) is 7.05 Å². The third-order valence-corrected chi connectivity index (χ3v) is 4.25. The van der Waals surface area contributed by atoms with Gasteiger partial charge in [-0.2, -0.15) is 0 Å². The summed E-state index contributed by atoms with van der Waals surface area (Å²) in [5.74, 6) is -1.40. The van der Waals surface area contributed by atoms with Crippen LogP contribution in [-0.2, 0) is 17.9 Å². The third kappa shape index (κ3) is 3.67. The molecule has 26 heavy (non-hydrogen) atoms. The first kappa shape index (κ1) is 17.9. The lowest BCUT2D eigenvalue weighted by Gasteiger charge is -2.18. The highest BCUT2D eigenvalue weighted by Gasteiger charge is 2.19. The molecule has 0 saturated carbocycles. The van der Waals surface area contributed by atoms with Crippen LogP contribution in [-0.4, -0.2) is 27.6 Å². The van der Waals surface area contributed by atoms with Gasteiger partial charge in [-0.05, 0) is 12.1 Å². The Hall–Kier alpha value is -2.93. The van der Waals surface area contributed by atoms with Gasteiger partial charge in [0, 0.05) is 29.7 Å². The minimum absolute atomic E-state index is 0.0228. The molecule has 0 unspecified atom stereocenters. The first-order valence-electron chi connectivity index (χ1n) is 7.76. The number of carbonyl (C=O) groups is 1. The molecule has 0 saturated heterocycles. The fourth-order valence-corrected chi connectivity index (χ4v) is 2.69. The van der Waals surface area contributed by atoms with Crippen molar-refractivity contribution in [3.05, 3.63) is 75.5 Å². The van der Waals surface area contributed by atoms with E-state index in [0.29, 0.717) is 5.56 Å². The fourth-order valence-electron chi connectivity index (χ4n) is 2.47. The molecule has 0 bridgehead atoms. The highest BCUT2D eigenvalue weighted by atomic mass is 35.5. The second-order valence-corrected chi connectivity index (χ2v) is 6.08. The second kappa shape index (κ2) is 7.53. The monoisotopic (exact) mass is 375 g/mol. The third-order valence-electron chi connectivity index (χ3n) is 3.89. The van der Waals surface area contributed by atoms with E-state index in [2.05, 4.69) is 5.16 Å². The predicted octanol–water partition coefficient (Wildman–Crippen LogP) is 2.95. The topological polar surface area (TPSA) is 68.3 Å². The SMILES string of the molecule is CN(Cc1c(F)cccc1Cl)C(=O)Cn1c(-c2ccccc2)noc1=O. The van der Waals surface area contributed by atoms with Crippen molar-refractivity contribution >= 4 is 17.5 Å². The zero-order valence-electron chi connectivity index (χ0n) is 13.9. The molecule has 0 aliphatic rings. The molecule has 2 aromatic carbocycles. The summed E-state index contributed by atoms with van der Waals surface area (Å²) >= 11 is 5.99. The van der Waals surface area contributed by atoms with E-state index in [-0.39, 0.29) is 29.5 Å². The van der Waals surface area contributed by atoms with Gasteiger partial charge in [0.25, 0.3) is 0 Å². The Morgan fingerprint density at radius 1 is 1.23 bits per heavy atom. The number of likely N-dealkylation sites (N-methyl/N-ethyl adjacent to an activating group) is 1. The van der Waals surface area contributed by atoms with Crippen LogP contribution < -0.4 is 5.76 Å². The molecule has 3 rings (SSSR count). The second-order valence-electron chi connectivity index (χ2n) is 5.67. The molecule has 0 atom stereocenters. The fraction of sp³-hybridized carbons (Fsp3) is 0.167. The van der Waals surface area contributed by atoms with Gasteiger partial charge in [-0.15, -0.1) is 0 Å². The number of aromatic nitrogens is 2. The Bertz CT molecular complexity index is 965. The van der Waals surface area contributed by atoms with E-state index in [1.807, 2.05) is 6.07 Å². The maximum absolute atomic E-state index is 13.9. The van der Waals surface area contributed by atoms with Gasteiger partial charge in [-0.1, -0.05) is 53.2 Å². The summed E-state index contributed by atoms with van der Waals surface area (Å²) in [6.07, 6.45) is 0. The first-order valence-corrected chi connectivity index (χ1v) is 8.14. The highest BCUT2D eigenvalue weighted by molar-refractivity contribution is 6.31. The number of benzene rings is 2. The minimum Gasteiger partial charge on any atom is -0.340 e. The lowest BCUT2D eigenvalue weighted by atomic mass is 10.2. The van der Waals surface area contributed by atoms with Crippen LogP contribution in [0.3, 0.4) is 0 Å². The highest BCUT2D eigenvalue weighted by Crippen LogP contribution is 2.21. The lowest BCUT2D eigenvalue weighted by Crippen LogP contribution is -2.33. The number of halogens is 2. The van der Waals surface area contributed by atoms with Crippen LogP contribution in [0.5, 0.6) is 0 Å². The largest absolute Gasteiger partial charge is 0.442 e. The van der Waals surface area contributed by atoms with Gasteiger partial charge in [-0.3, -0.25) is 9.32 Å². The van der Waals surface area contributed by atoms with Gasteiger partial charge < -0.3 is 4.90 Å². The molecule has 0 aliphatic carbocycles. The first-order chi connectivity index (χ1) is 12.5. The van der Waals surface area contributed by atoms with Crippen molar-refractivity contribution in [2.45, 2.75) is 13.1 Å². The summed E-state index contributed by atoms with van der Waals surface area (Å²) in [5, 5.41) is 3.97. The minimum atomic E-state index is -0.741. The van der Waals surface area contributed by atoms with E-state index in [9.17, 15) is 14.0 Å². The standard InChI is InChI=1S/C18H15ClFN3O3/c1-22(10-13-14(19)8-5-9-15(13)20)16(24)11-23-17(21-26-18(23)25)12-6-3-2-4-7-12/h2-9H,10-11H2,1H3. The Labute approximate surface area is 153 Å². The van der Waals surface area contributed by atoms with E-state index in [4.69, 9.17) is 16.1 Å². The van der Waals surface area contributed by atoms with Crippen molar-refractivity contribution in [2.24, 2.45) is 0 Å². The number of nitrogens with zero attached hydrogens (tertiary/aromatic N) is 3. The Kier molecular flexibility index (Phi) is 5.18. The maximum Gasteiger partial charge on any atom is 0.442 e. The summed E-state index contributed by atoms with van der Waals surface area (Å²) < 4.78 is 19.7. The Balaban J connectivity index is 1.80. The van der Waals surface area contributed by atoms with Crippen molar-refractivity contribution in [1.29, 1.82) is 0 Å². The smallest absolute Gasteiger partial charge is 0.340 e. The van der Waals surface area contributed by atoms with Crippen LogP contribution in [0, 0.1) is 5.82 Å². The van der Waals surface area contributed by atoms with E-state index < -0.39 is 17.5 Å². The zero-order valence-corrected chi connectivity index (χ0v) is 14.6. The molecule has 3 aromatic rings. The van der Waals surface area contributed by atoms with Crippen molar-refractivity contribution < 1.29 is 13.7 Å². The van der Waals surface area contributed by atoms with Gasteiger partial charge in [0.1, 0.15) is 12.4 Å². The van der Waals surface area contributed by atoms with Gasteiger partial charge >= 0.3 is 5.76 Å². The zero-order chi connectivity index (χ0) is 18.7. The molecule has 1 amide bonds. The number of amides is 1. The van der Waals surface area contributed by atoms with E-state index in [1.54, 1.807) is 30.3 Å². The molecule has 0 aliphatic heterocycles. The van der Waals surface area contributed by atoms with E-state index in [1.165, 1.54) is 24.1 Å². The molecule has 1 aromatic heterocycles. The predicted molar refractivity (Wildman–Crippen MR) is 94.1 cm³/mol. The Morgan fingerprint density at radius 2 is 1.96 bits per heavy atom. The summed E-state index contributed by atoms with van der Waals surface area (Å²) in [7, 11) is 1.51. The van der Waals surface area contributed by atoms with Crippen molar-refractivity contribution in [3.63, 3.8) is 0 Å². The molecule has 0 radical (unpaired) electrons. The van der Waals surface area contributed by atoms with Gasteiger partial charge in [-0.25, -0.2) is 13.8 Å². The molecule has 8 heteroatoms. The molecule has 1 heterocycles. The van der Waals surface area contributed by atoms with Crippen LogP contribution in [0.25, 0.3) is 11.4 Å². The van der Waals surface area contributed by atoms with Gasteiger partial charge in [0.2, 0.25) is 5.91 Å². The maximum atomic E-state index is 13.9. The van der Waals surface area contributed by atoms with Crippen LogP contribution in [0.1, 0.15) is 5.56 Å². The molecule has 0 fully saturated rings. The molecule has 0 N–H and O–H groups in total. The molecule has 0 spiro atoms. The lowest BCUT2D eigenvalue weighted by molar-refractivity contribution is -0.131. The summed E-state index contributed by atoms with van der Waals surface area (Å²) in [4.78, 5) is 25.7. The normalized spacial score (nSPS) is 10.7. The molecular weight excluding hydrogens is 361 g/mol. The van der Waals surface area contributed by atoms with E-state index in [0.717, 1.165) is 4.57 Å². The summed E-state index contributed by atoms with van der Waals surface area (Å²) in [5.41, 5.74) is 0.858. The quantitative estimate of drug-likeness (QED) is 0.687. The van der Waals surface area contributed by atoms with Crippen molar-refractivity contribution in [1.82, 2.24) is 14.6 Å². The molecule has 6 nitrogen and oxygen atoms in total. The van der Waals surface area contributed by atoms with Crippen molar-refractivity contribution in [3.8, 4) is 11.4 Å². The molecular formula is C18H15ClFN3O3.